The third-order valence-electron chi connectivity index (χ3n) is 3.63. The molecule has 7 heteroatoms. The molecule has 0 heterocycles. The highest BCUT2D eigenvalue weighted by molar-refractivity contribution is 5.95. The van der Waals surface area contributed by atoms with E-state index < -0.39 is 0 Å². The van der Waals surface area contributed by atoms with Crippen LogP contribution in [0.25, 0.3) is 0 Å². The number of methoxy groups -OCH3 is 3. The highest BCUT2D eigenvalue weighted by Crippen LogP contribution is 2.38. The van der Waals surface area contributed by atoms with Crippen molar-refractivity contribution in [2.24, 2.45) is 5.92 Å². The SMILES string of the molecule is COc1cc(C(=O)NCCN(CC(C)C)C(C)=O)cc(OC)c1OC. The van der Waals surface area contributed by atoms with Crippen molar-refractivity contribution in [3.63, 3.8) is 0 Å². The minimum atomic E-state index is -0.271. The predicted octanol–water partition coefficient (Wildman–Crippen LogP) is 1.95. The third kappa shape index (κ3) is 5.85. The molecule has 0 unspecified atom stereocenters. The number of carbonyl (C=O) groups is 2. The molecule has 0 aromatic heterocycles. The Morgan fingerprint density at radius 2 is 1.64 bits per heavy atom. The van der Waals surface area contributed by atoms with E-state index >= 15 is 0 Å². The minimum absolute atomic E-state index is 0.00395. The van der Waals surface area contributed by atoms with Gasteiger partial charge in [-0.15, -0.1) is 0 Å². The van der Waals surface area contributed by atoms with Gasteiger partial charge in [-0.25, -0.2) is 0 Å². The van der Waals surface area contributed by atoms with Gasteiger partial charge in [0.1, 0.15) is 0 Å². The number of hydrogen-bond acceptors (Lipinski definition) is 5. The molecule has 0 bridgehead atoms. The van der Waals surface area contributed by atoms with E-state index in [-0.39, 0.29) is 11.8 Å². The zero-order valence-electron chi connectivity index (χ0n) is 15.8. The molecule has 0 fully saturated rings. The topological polar surface area (TPSA) is 77.1 Å². The second kappa shape index (κ2) is 9.76. The van der Waals surface area contributed by atoms with Gasteiger partial charge in [-0.3, -0.25) is 9.59 Å². The number of hydrogen-bond donors (Lipinski definition) is 1. The fraction of sp³-hybridized carbons (Fsp3) is 0.556. The molecule has 1 aromatic carbocycles. The van der Waals surface area contributed by atoms with Crippen LogP contribution in [0.3, 0.4) is 0 Å². The third-order valence-corrected chi connectivity index (χ3v) is 3.63. The van der Waals surface area contributed by atoms with Crippen LogP contribution in [0, 0.1) is 5.92 Å². The van der Waals surface area contributed by atoms with Gasteiger partial charge in [-0.05, 0) is 18.1 Å². The molecule has 1 aromatic rings. The summed E-state index contributed by atoms with van der Waals surface area (Å²) in [5, 5.41) is 2.81. The molecule has 0 aliphatic heterocycles. The van der Waals surface area contributed by atoms with Crippen molar-refractivity contribution in [3.05, 3.63) is 17.7 Å². The molecule has 0 radical (unpaired) electrons. The maximum atomic E-state index is 12.4. The number of nitrogens with one attached hydrogen (secondary N) is 1. The van der Waals surface area contributed by atoms with Crippen LogP contribution in [0.2, 0.25) is 0 Å². The molecule has 0 atom stereocenters. The van der Waals surface area contributed by atoms with Gasteiger partial charge < -0.3 is 24.4 Å². The molecular weight excluding hydrogens is 324 g/mol. The van der Waals surface area contributed by atoms with E-state index in [4.69, 9.17) is 14.2 Å². The van der Waals surface area contributed by atoms with E-state index in [1.165, 1.54) is 28.3 Å². The Morgan fingerprint density at radius 3 is 2.04 bits per heavy atom. The average molecular weight is 352 g/mol. The Balaban J connectivity index is 2.79. The Morgan fingerprint density at radius 1 is 1.08 bits per heavy atom. The molecule has 2 amide bonds. The zero-order valence-corrected chi connectivity index (χ0v) is 15.8. The van der Waals surface area contributed by atoms with Crippen molar-refractivity contribution in [2.45, 2.75) is 20.8 Å². The Labute approximate surface area is 149 Å². The summed E-state index contributed by atoms with van der Waals surface area (Å²) < 4.78 is 15.7. The normalized spacial score (nSPS) is 10.4. The van der Waals surface area contributed by atoms with Crippen LogP contribution in [0.4, 0.5) is 0 Å². The summed E-state index contributed by atoms with van der Waals surface area (Å²) in [5.74, 6) is 1.35. The highest BCUT2D eigenvalue weighted by atomic mass is 16.5. The van der Waals surface area contributed by atoms with Crippen molar-refractivity contribution < 1.29 is 23.8 Å². The molecule has 0 saturated heterocycles. The summed E-state index contributed by atoms with van der Waals surface area (Å²) in [6, 6.07) is 3.18. The molecule has 1 rings (SSSR count). The standard InChI is InChI=1S/C18H28N2O5/c1-12(2)11-20(13(3)21)8-7-19-18(22)14-9-15(23-4)17(25-6)16(10-14)24-5/h9-10,12H,7-8,11H2,1-6H3,(H,19,22). The number of amides is 2. The van der Waals surface area contributed by atoms with E-state index in [1.54, 1.807) is 17.0 Å². The van der Waals surface area contributed by atoms with Crippen molar-refractivity contribution in [1.82, 2.24) is 10.2 Å². The van der Waals surface area contributed by atoms with E-state index in [0.29, 0.717) is 48.4 Å². The summed E-state index contributed by atoms with van der Waals surface area (Å²) in [4.78, 5) is 25.7. The van der Waals surface area contributed by atoms with E-state index in [0.717, 1.165) is 0 Å². The summed E-state index contributed by atoms with van der Waals surface area (Å²) in [6.07, 6.45) is 0. The maximum absolute atomic E-state index is 12.4. The maximum Gasteiger partial charge on any atom is 0.251 e. The average Bonchev–Trinajstić information content (AvgIpc) is 2.58. The van der Waals surface area contributed by atoms with Gasteiger partial charge in [0.15, 0.2) is 11.5 Å². The molecule has 0 aliphatic carbocycles. The van der Waals surface area contributed by atoms with E-state index in [2.05, 4.69) is 5.32 Å². The number of nitrogens with zero attached hydrogens (tertiary/aromatic N) is 1. The number of rotatable bonds is 9. The first-order chi connectivity index (χ1) is 11.8. The lowest BCUT2D eigenvalue weighted by Gasteiger charge is -2.23. The van der Waals surface area contributed by atoms with Crippen LogP contribution in [0.15, 0.2) is 12.1 Å². The predicted molar refractivity (Wildman–Crippen MR) is 95.5 cm³/mol. The van der Waals surface area contributed by atoms with Crippen LogP contribution < -0.4 is 19.5 Å². The van der Waals surface area contributed by atoms with E-state index in [9.17, 15) is 9.59 Å². The van der Waals surface area contributed by atoms with Crippen molar-refractivity contribution in [2.75, 3.05) is 41.0 Å². The van der Waals surface area contributed by atoms with Gasteiger partial charge in [-0.1, -0.05) is 13.8 Å². The van der Waals surface area contributed by atoms with Crippen molar-refractivity contribution in [1.29, 1.82) is 0 Å². The minimum Gasteiger partial charge on any atom is -0.493 e. The smallest absolute Gasteiger partial charge is 0.251 e. The van der Waals surface area contributed by atoms with Crippen LogP contribution in [-0.2, 0) is 4.79 Å². The number of benzene rings is 1. The lowest BCUT2D eigenvalue weighted by molar-refractivity contribution is -0.129. The van der Waals surface area contributed by atoms with Gasteiger partial charge in [0.05, 0.1) is 21.3 Å². The van der Waals surface area contributed by atoms with Crippen LogP contribution in [-0.4, -0.2) is 57.7 Å². The fourth-order valence-corrected chi connectivity index (χ4v) is 2.44. The highest BCUT2D eigenvalue weighted by Gasteiger charge is 2.17. The lowest BCUT2D eigenvalue weighted by Crippen LogP contribution is -2.39. The van der Waals surface area contributed by atoms with Crippen molar-refractivity contribution in [3.8, 4) is 17.2 Å². The molecule has 0 aliphatic rings. The van der Waals surface area contributed by atoms with Gasteiger partial charge in [0, 0.05) is 32.1 Å². The van der Waals surface area contributed by atoms with Crippen LogP contribution in [0.1, 0.15) is 31.1 Å². The summed E-state index contributed by atoms with van der Waals surface area (Å²) in [5.41, 5.74) is 0.396. The quantitative estimate of drug-likeness (QED) is 0.735. The summed E-state index contributed by atoms with van der Waals surface area (Å²) in [6.45, 7) is 7.11. The molecule has 25 heavy (non-hydrogen) atoms. The largest absolute Gasteiger partial charge is 0.493 e. The zero-order chi connectivity index (χ0) is 19.0. The van der Waals surface area contributed by atoms with Gasteiger partial charge in [-0.2, -0.15) is 0 Å². The monoisotopic (exact) mass is 352 g/mol. The number of ether oxygens (including phenoxy) is 3. The molecule has 140 valence electrons. The first kappa shape index (κ1) is 20.6. The Bertz CT molecular complexity index is 576. The van der Waals surface area contributed by atoms with Crippen LogP contribution >= 0.6 is 0 Å². The Hall–Kier alpha value is -2.44. The van der Waals surface area contributed by atoms with Gasteiger partial charge >= 0.3 is 0 Å². The molecule has 7 nitrogen and oxygen atoms in total. The van der Waals surface area contributed by atoms with E-state index in [1.807, 2.05) is 13.8 Å². The second-order valence-electron chi connectivity index (χ2n) is 6.03. The van der Waals surface area contributed by atoms with Crippen LogP contribution in [0.5, 0.6) is 17.2 Å². The number of carbonyl (C=O) groups excluding carboxylic acids is 2. The van der Waals surface area contributed by atoms with Gasteiger partial charge in [0.25, 0.3) is 5.91 Å². The molecular formula is C18H28N2O5. The molecule has 0 spiro atoms. The summed E-state index contributed by atoms with van der Waals surface area (Å²) >= 11 is 0. The fourth-order valence-electron chi connectivity index (χ4n) is 2.44. The summed E-state index contributed by atoms with van der Waals surface area (Å²) in [7, 11) is 4.50. The first-order valence-corrected chi connectivity index (χ1v) is 8.17. The van der Waals surface area contributed by atoms with Crippen molar-refractivity contribution >= 4 is 11.8 Å². The lowest BCUT2D eigenvalue weighted by atomic mass is 10.1. The van der Waals surface area contributed by atoms with Gasteiger partial charge in [0.2, 0.25) is 11.7 Å². The Kier molecular flexibility index (Phi) is 8.04. The first-order valence-electron chi connectivity index (χ1n) is 8.17. The molecule has 1 N–H and O–H groups in total. The second-order valence-corrected chi connectivity index (χ2v) is 6.03. The molecule has 0 saturated carbocycles.